The zero-order valence-electron chi connectivity index (χ0n) is 10.7. The van der Waals surface area contributed by atoms with Crippen LogP contribution in [-0.4, -0.2) is 35.6 Å². The Morgan fingerprint density at radius 2 is 1.83 bits per heavy atom. The van der Waals surface area contributed by atoms with Crippen molar-refractivity contribution in [3.05, 3.63) is 0 Å². The molecule has 0 aromatic carbocycles. The standard InChI is InChI=1S/C13H22N2O3/c16-10-7-8-14-12(17)11(10)13(18)15-9-5-3-1-2-4-6-9/h9-11,16H,1-8H2,(H,14,17)(H,15,18). The predicted octanol–water partition coefficient (Wildman–Crippen LogP) is 0.322. The van der Waals surface area contributed by atoms with Crippen LogP contribution in [0.1, 0.15) is 44.9 Å². The van der Waals surface area contributed by atoms with E-state index < -0.39 is 12.0 Å². The Bertz CT molecular complexity index is 311. The van der Waals surface area contributed by atoms with E-state index in [-0.39, 0.29) is 17.9 Å². The molecule has 0 bridgehead atoms. The van der Waals surface area contributed by atoms with Gasteiger partial charge in [-0.2, -0.15) is 0 Å². The van der Waals surface area contributed by atoms with E-state index >= 15 is 0 Å². The van der Waals surface area contributed by atoms with Crippen molar-refractivity contribution in [1.82, 2.24) is 10.6 Å². The molecule has 3 N–H and O–H groups in total. The first-order valence-electron chi connectivity index (χ1n) is 6.94. The predicted molar refractivity (Wildman–Crippen MR) is 66.8 cm³/mol. The normalized spacial score (nSPS) is 30.4. The molecule has 5 heteroatoms. The van der Waals surface area contributed by atoms with Gasteiger partial charge in [0.15, 0.2) is 0 Å². The number of carbonyl (C=O) groups excluding carboxylic acids is 2. The van der Waals surface area contributed by atoms with E-state index in [0.717, 1.165) is 25.7 Å². The van der Waals surface area contributed by atoms with Crippen molar-refractivity contribution in [1.29, 1.82) is 0 Å². The number of hydrogen-bond acceptors (Lipinski definition) is 3. The number of hydrogen-bond donors (Lipinski definition) is 3. The first-order chi connectivity index (χ1) is 8.68. The molecule has 2 unspecified atom stereocenters. The lowest BCUT2D eigenvalue weighted by Crippen LogP contribution is -2.53. The van der Waals surface area contributed by atoms with Crippen molar-refractivity contribution in [2.75, 3.05) is 6.54 Å². The highest BCUT2D eigenvalue weighted by atomic mass is 16.3. The van der Waals surface area contributed by atoms with Crippen LogP contribution in [-0.2, 0) is 9.59 Å². The highest BCUT2D eigenvalue weighted by Gasteiger charge is 2.37. The van der Waals surface area contributed by atoms with Gasteiger partial charge in [-0.1, -0.05) is 25.7 Å². The molecule has 1 heterocycles. The zero-order valence-corrected chi connectivity index (χ0v) is 10.7. The van der Waals surface area contributed by atoms with Gasteiger partial charge in [-0.05, 0) is 19.3 Å². The summed E-state index contributed by atoms with van der Waals surface area (Å²) >= 11 is 0. The Kier molecular flexibility index (Phi) is 4.58. The molecule has 0 spiro atoms. The Labute approximate surface area is 107 Å². The van der Waals surface area contributed by atoms with Gasteiger partial charge in [-0.3, -0.25) is 9.59 Å². The Balaban J connectivity index is 1.91. The summed E-state index contributed by atoms with van der Waals surface area (Å²) in [5.74, 6) is -1.59. The van der Waals surface area contributed by atoms with E-state index in [4.69, 9.17) is 0 Å². The third-order valence-electron chi connectivity index (χ3n) is 3.89. The van der Waals surface area contributed by atoms with Crippen molar-refractivity contribution in [3.8, 4) is 0 Å². The largest absolute Gasteiger partial charge is 0.392 e. The molecule has 1 aliphatic carbocycles. The third kappa shape index (κ3) is 3.22. The number of nitrogens with one attached hydrogen (secondary N) is 2. The molecule has 5 nitrogen and oxygen atoms in total. The van der Waals surface area contributed by atoms with Gasteiger partial charge in [-0.25, -0.2) is 0 Å². The van der Waals surface area contributed by atoms with E-state index in [1.54, 1.807) is 0 Å². The molecule has 102 valence electrons. The summed E-state index contributed by atoms with van der Waals surface area (Å²) in [6.07, 6.45) is 6.28. The summed E-state index contributed by atoms with van der Waals surface area (Å²) in [6.45, 7) is 0.452. The van der Waals surface area contributed by atoms with Gasteiger partial charge in [-0.15, -0.1) is 0 Å². The maximum atomic E-state index is 12.1. The van der Waals surface area contributed by atoms with Gasteiger partial charge in [0.2, 0.25) is 11.8 Å². The van der Waals surface area contributed by atoms with Crippen LogP contribution in [0.3, 0.4) is 0 Å². The molecule has 2 atom stereocenters. The van der Waals surface area contributed by atoms with Crippen molar-refractivity contribution in [3.63, 3.8) is 0 Å². The lowest BCUT2D eigenvalue weighted by atomic mass is 9.93. The molecule has 1 aliphatic heterocycles. The van der Waals surface area contributed by atoms with E-state index in [9.17, 15) is 14.7 Å². The number of carbonyl (C=O) groups is 2. The van der Waals surface area contributed by atoms with Gasteiger partial charge in [0.1, 0.15) is 5.92 Å². The summed E-state index contributed by atoms with van der Waals surface area (Å²) < 4.78 is 0. The average Bonchev–Trinajstić information content (AvgIpc) is 2.57. The van der Waals surface area contributed by atoms with Gasteiger partial charge >= 0.3 is 0 Å². The second kappa shape index (κ2) is 6.18. The number of aliphatic hydroxyl groups excluding tert-OH is 1. The quantitative estimate of drug-likeness (QED) is 0.490. The monoisotopic (exact) mass is 254 g/mol. The van der Waals surface area contributed by atoms with E-state index in [1.165, 1.54) is 12.8 Å². The maximum absolute atomic E-state index is 12.1. The molecular formula is C13H22N2O3. The fourth-order valence-corrected chi connectivity index (χ4v) is 2.80. The SMILES string of the molecule is O=C1NCCC(O)C1C(=O)NC1CCCCCC1. The summed E-state index contributed by atoms with van der Waals surface area (Å²) in [5.41, 5.74) is 0. The highest BCUT2D eigenvalue weighted by molar-refractivity contribution is 6.01. The first kappa shape index (κ1) is 13.3. The minimum atomic E-state index is -0.929. The number of rotatable bonds is 2. The van der Waals surface area contributed by atoms with Crippen LogP contribution >= 0.6 is 0 Å². The lowest BCUT2D eigenvalue weighted by Gasteiger charge is -2.28. The second-order valence-electron chi connectivity index (χ2n) is 5.32. The van der Waals surface area contributed by atoms with Crippen molar-refractivity contribution < 1.29 is 14.7 Å². The molecule has 2 fully saturated rings. The van der Waals surface area contributed by atoms with Crippen molar-refractivity contribution in [2.24, 2.45) is 5.92 Å². The van der Waals surface area contributed by atoms with Crippen LogP contribution in [0.15, 0.2) is 0 Å². The summed E-state index contributed by atoms with van der Waals surface area (Å²) in [6, 6.07) is 0.168. The third-order valence-corrected chi connectivity index (χ3v) is 3.89. The fourth-order valence-electron chi connectivity index (χ4n) is 2.80. The molecule has 18 heavy (non-hydrogen) atoms. The van der Waals surface area contributed by atoms with Gasteiger partial charge < -0.3 is 15.7 Å². The Morgan fingerprint density at radius 1 is 1.17 bits per heavy atom. The molecule has 2 aliphatic rings. The molecular weight excluding hydrogens is 232 g/mol. The zero-order chi connectivity index (χ0) is 13.0. The lowest BCUT2D eigenvalue weighted by molar-refractivity contribution is -0.142. The summed E-state index contributed by atoms with van der Waals surface area (Å²) in [7, 11) is 0. The van der Waals surface area contributed by atoms with Crippen LogP contribution in [0.2, 0.25) is 0 Å². The van der Waals surface area contributed by atoms with E-state index in [1.807, 2.05) is 0 Å². The molecule has 2 rings (SSSR count). The molecule has 0 aromatic rings. The Morgan fingerprint density at radius 3 is 2.44 bits per heavy atom. The summed E-state index contributed by atoms with van der Waals surface area (Å²) in [5, 5.41) is 15.3. The van der Waals surface area contributed by atoms with Crippen LogP contribution in [0.4, 0.5) is 0 Å². The number of piperidine rings is 1. The summed E-state index contributed by atoms with van der Waals surface area (Å²) in [4.78, 5) is 23.7. The molecule has 1 saturated carbocycles. The minimum absolute atomic E-state index is 0.168. The number of aliphatic hydroxyl groups is 1. The molecule has 2 amide bonds. The first-order valence-corrected chi connectivity index (χ1v) is 6.94. The fraction of sp³-hybridized carbons (Fsp3) is 0.846. The average molecular weight is 254 g/mol. The van der Waals surface area contributed by atoms with Gasteiger partial charge in [0, 0.05) is 12.6 Å². The number of amides is 2. The second-order valence-corrected chi connectivity index (χ2v) is 5.32. The molecule has 1 saturated heterocycles. The smallest absolute Gasteiger partial charge is 0.235 e. The highest BCUT2D eigenvalue weighted by Crippen LogP contribution is 2.19. The van der Waals surface area contributed by atoms with Gasteiger partial charge in [0.05, 0.1) is 6.10 Å². The molecule has 0 radical (unpaired) electrons. The topological polar surface area (TPSA) is 78.4 Å². The van der Waals surface area contributed by atoms with Crippen LogP contribution < -0.4 is 10.6 Å². The minimum Gasteiger partial charge on any atom is -0.392 e. The van der Waals surface area contributed by atoms with Gasteiger partial charge in [0.25, 0.3) is 0 Å². The maximum Gasteiger partial charge on any atom is 0.235 e. The van der Waals surface area contributed by atoms with Crippen molar-refractivity contribution >= 4 is 11.8 Å². The van der Waals surface area contributed by atoms with Crippen molar-refractivity contribution in [2.45, 2.75) is 57.1 Å². The van der Waals surface area contributed by atoms with Crippen LogP contribution in [0, 0.1) is 5.92 Å². The van der Waals surface area contributed by atoms with Crippen LogP contribution in [0.5, 0.6) is 0 Å². The molecule has 0 aromatic heterocycles. The van der Waals surface area contributed by atoms with E-state index in [0.29, 0.717) is 13.0 Å². The van der Waals surface area contributed by atoms with E-state index in [2.05, 4.69) is 10.6 Å². The Hall–Kier alpha value is -1.10. The van der Waals surface area contributed by atoms with Crippen LogP contribution in [0.25, 0.3) is 0 Å².